The molecule has 2 rings (SSSR count). The van der Waals surface area contributed by atoms with Crippen LogP contribution in [0.2, 0.25) is 0 Å². The van der Waals surface area contributed by atoms with E-state index in [0.29, 0.717) is 25.2 Å². The van der Waals surface area contributed by atoms with E-state index in [0.717, 1.165) is 17.5 Å². The van der Waals surface area contributed by atoms with Crippen molar-refractivity contribution < 1.29 is 4.79 Å². The second kappa shape index (κ2) is 8.39. The van der Waals surface area contributed by atoms with Crippen molar-refractivity contribution in [1.82, 2.24) is 0 Å². The Bertz CT molecular complexity index is 741. The first-order chi connectivity index (χ1) is 12.5. The van der Waals surface area contributed by atoms with Crippen molar-refractivity contribution in [2.75, 3.05) is 0 Å². The van der Waals surface area contributed by atoms with Crippen LogP contribution in [0.15, 0.2) is 42.5 Å². The van der Waals surface area contributed by atoms with Gasteiger partial charge in [-0.3, -0.25) is 4.79 Å². The van der Waals surface area contributed by atoms with Gasteiger partial charge in [-0.15, -0.1) is 0 Å². The Kier molecular flexibility index (Phi) is 6.64. The van der Waals surface area contributed by atoms with E-state index in [1.54, 1.807) is 0 Å². The number of nitrogens with two attached hydrogens (primary N) is 1. The van der Waals surface area contributed by atoms with Crippen LogP contribution in [-0.4, -0.2) is 5.78 Å². The lowest BCUT2D eigenvalue weighted by Gasteiger charge is -2.26. The number of carbonyl (C=O) groups excluding carboxylic acids is 1. The van der Waals surface area contributed by atoms with E-state index in [1.165, 1.54) is 16.7 Å². The molecule has 0 saturated heterocycles. The predicted octanol–water partition coefficient (Wildman–Crippen LogP) is 5.48. The number of hydrogen-bond donors (Lipinski definition) is 1. The molecule has 0 aromatic heterocycles. The second-order valence-electron chi connectivity index (χ2n) is 9.65. The third-order valence-electron chi connectivity index (χ3n) is 5.08. The Balaban J connectivity index is 2.11. The summed E-state index contributed by atoms with van der Waals surface area (Å²) in [6.07, 6.45) is 1.87. The van der Waals surface area contributed by atoms with Gasteiger partial charge in [0, 0.05) is 19.4 Å². The van der Waals surface area contributed by atoms with Gasteiger partial charge in [0.05, 0.1) is 0 Å². The highest BCUT2D eigenvalue weighted by Crippen LogP contribution is 2.30. The van der Waals surface area contributed by atoms with E-state index in [1.807, 2.05) is 12.1 Å². The number of aryl methyl sites for hydroxylation is 1. The van der Waals surface area contributed by atoms with E-state index < -0.39 is 0 Å². The summed E-state index contributed by atoms with van der Waals surface area (Å²) in [5.74, 6) is 0.295. The van der Waals surface area contributed by atoms with Crippen LogP contribution in [0.1, 0.15) is 75.8 Å². The lowest BCUT2D eigenvalue weighted by molar-refractivity contribution is -0.118. The lowest BCUT2D eigenvalue weighted by Crippen LogP contribution is -2.17. The summed E-state index contributed by atoms with van der Waals surface area (Å²) in [5, 5.41) is 0. The van der Waals surface area contributed by atoms with Crippen molar-refractivity contribution in [3.05, 3.63) is 70.3 Å². The highest BCUT2D eigenvalue weighted by molar-refractivity contribution is 5.81. The molecule has 0 heterocycles. The Morgan fingerprint density at radius 1 is 0.778 bits per heavy atom. The van der Waals surface area contributed by atoms with Gasteiger partial charge in [-0.2, -0.15) is 0 Å². The van der Waals surface area contributed by atoms with Crippen LogP contribution in [-0.2, 0) is 35.0 Å². The van der Waals surface area contributed by atoms with Crippen LogP contribution in [0.4, 0.5) is 0 Å². The maximum atomic E-state index is 12.6. The molecule has 0 unspecified atom stereocenters. The van der Waals surface area contributed by atoms with Crippen molar-refractivity contribution in [3.63, 3.8) is 0 Å². The molecule has 2 nitrogen and oxygen atoms in total. The van der Waals surface area contributed by atoms with Crippen LogP contribution >= 0.6 is 0 Å². The summed E-state index contributed by atoms with van der Waals surface area (Å²) in [6.45, 7) is 13.9. The molecule has 0 fully saturated rings. The topological polar surface area (TPSA) is 43.1 Å². The van der Waals surface area contributed by atoms with E-state index in [-0.39, 0.29) is 10.8 Å². The molecular weight excluding hydrogens is 330 g/mol. The molecule has 2 aromatic rings. The Hall–Kier alpha value is -1.93. The predicted molar refractivity (Wildman–Crippen MR) is 115 cm³/mol. The van der Waals surface area contributed by atoms with Gasteiger partial charge in [-0.05, 0) is 45.1 Å². The van der Waals surface area contributed by atoms with Crippen molar-refractivity contribution in [2.45, 2.75) is 78.2 Å². The standard InChI is InChI=1S/C25H35NO/c1-24(2,3)21-13-20(14-22(16-21)25(4,5)6)15-23(27)12-11-18-7-9-19(17-26)10-8-18/h7-10,13-14,16H,11-12,15,17,26H2,1-6H3. The Morgan fingerprint density at radius 3 is 1.70 bits per heavy atom. The molecule has 0 atom stereocenters. The summed E-state index contributed by atoms with van der Waals surface area (Å²) in [5.41, 5.74) is 11.8. The number of benzene rings is 2. The van der Waals surface area contributed by atoms with Crippen LogP contribution in [0, 0.1) is 0 Å². The minimum absolute atomic E-state index is 0.0732. The van der Waals surface area contributed by atoms with Gasteiger partial charge in [0.25, 0.3) is 0 Å². The van der Waals surface area contributed by atoms with Gasteiger partial charge in [0.2, 0.25) is 0 Å². The summed E-state index contributed by atoms with van der Waals surface area (Å²) in [6, 6.07) is 15.0. The van der Waals surface area contributed by atoms with Gasteiger partial charge in [0.15, 0.2) is 0 Å². The zero-order chi connectivity index (χ0) is 20.2. The molecule has 0 radical (unpaired) electrons. The van der Waals surface area contributed by atoms with E-state index in [4.69, 9.17) is 5.73 Å². The van der Waals surface area contributed by atoms with Crippen LogP contribution in [0.25, 0.3) is 0 Å². The highest BCUT2D eigenvalue weighted by atomic mass is 16.1. The molecule has 0 aliphatic heterocycles. The first-order valence-electron chi connectivity index (χ1n) is 9.93. The number of Topliss-reactive ketones (excluding diaryl/α,β-unsaturated/α-hetero) is 1. The summed E-state index contributed by atoms with van der Waals surface area (Å²) < 4.78 is 0. The van der Waals surface area contributed by atoms with Crippen molar-refractivity contribution in [1.29, 1.82) is 0 Å². The summed E-state index contributed by atoms with van der Waals surface area (Å²) in [7, 11) is 0. The Morgan fingerprint density at radius 2 is 1.26 bits per heavy atom. The normalized spacial score (nSPS) is 12.3. The first kappa shape index (κ1) is 21.4. The van der Waals surface area contributed by atoms with Crippen molar-refractivity contribution >= 4 is 5.78 Å². The zero-order valence-corrected chi connectivity index (χ0v) is 17.9. The van der Waals surface area contributed by atoms with Gasteiger partial charge < -0.3 is 5.73 Å². The molecule has 2 aromatic carbocycles. The molecule has 0 saturated carbocycles. The second-order valence-corrected chi connectivity index (χ2v) is 9.65. The first-order valence-corrected chi connectivity index (χ1v) is 9.93. The molecule has 0 amide bonds. The third-order valence-corrected chi connectivity index (χ3v) is 5.08. The largest absolute Gasteiger partial charge is 0.326 e. The average molecular weight is 366 g/mol. The molecular formula is C25H35NO. The molecule has 2 heteroatoms. The fourth-order valence-electron chi connectivity index (χ4n) is 3.10. The number of carbonyl (C=O) groups is 1. The summed E-state index contributed by atoms with van der Waals surface area (Å²) >= 11 is 0. The third kappa shape index (κ3) is 6.32. The molecule has 0 aliphatic carbocycles. The maximum Gasteiger partial charge on any atom is 0.137 e. The maximum absolute atomic E-state index is 12.6. The molecule has 2 N–H and O–H groups in total. The zero-order valence-electron chi connectivity index (χ0n) is 17.9. The number of hydrogen-bond acceptors (Lipinski definition) is 2. The molecule has 0 spiro atoms. The van der Waals surface area contributed by atoms with E-state index in [2.05, 4.69) is 71.9 Å². The van der Waals surface area contributed by atoms with Crippen LogP contribution in [0.5, 0.6) is 0 Å². The van der Waals surface area contributed by atoms with Crippen LogP contribution < -0.4 is 5.73 Å². The smallest absolute Gasteiger partial charge is 0.137 e. The van der Waals surface area contributed by atoms with Gasteiger partial charge >= 0.3 is 0 Å². The number of rotatable bonds is 6. The van der Waals surface area contributed by atoms with Crippen molar-refractivity contribution in [3.8, 4) is 0 Å². The van der Waals surface area contributed by atoms with Gasteiger partial charge in [-0.25, -0.2) is 0 Å². The minimum Gasteiger partial charge on any atom is -0.326 e. The summed E-state index contributed by atoms with van der Waals surface area (Å²) in [4.78, 5) is 12.6. The SMILES string of the molecule is CC(C)(C)c1cc(CC(=O)CCc2ccc(CN)cc2)cc(C(C)(C)C)c1. The molecule has 0 aliphatic rings. The number of ketones is 1. The molecule has 0 bridgehead atoms. The lowest BCUT2D eigenvalue weighted by atomic mass is 9.79. The van der Waals surface area contributed by atoms with Gasteiger partial charge in [-0.1, -0.05) is 84.0 Å². The minimum atomic E-state index is 0.0732. The molecule has 27 heavy (non-hydrogen) atoms. The van der Waals surface area contributed by atoms with Crippen molar-refractivity contribution in [2.24, 2.45) is 5.73 Å². The van der Waals surface area contributed by atoms with Gasteiger partial charge in [0.1, 0.15) is 5.78 Å². The van der Waals surface area contributed by atoms with E-state index in [9.17, 15) is 4.79 Å². The quantitative estimate of drug-likeness (QED) is 0.736. The van der Waals surface area contributed by atoms with Crippen LogP contribution in [0.3, 0.4) is 0 Å². The highest BCUT2D eigenvalue weighted by Gasteiger charge is 2.21. The fraction of sp³-hybridized carbons (Fsp3) is 0.480. The Labute approximate surface area is 165 Å². The average Bonchev–Trinajstić information content (AvgIpc) is 2.58. The van der Waals surface area contributed by atoms with E-state index >= 15 is 0 Å². The monoisotopic (exact) mass is 365 g/mol. The molecule has 146 valence electrons. The fourth-order valence-corrected chi connectivity index (χ4v) is 3.10.